The molecule has 0 spiro atoms. The Morgan fingerprint density at radius 3 is 2.50 bits per heavy atom. The number of nitrogens with one attached hydrogen (secondary N) is 1. The minimum atomic E-state index is -3.49. The number of halogens is 1. The van der Waals surface area contributed by atoms with Crippen LogP contribution in [0.5, 0.6) is 0 Å². The van der Waals surface area contributed by atoms with Gasteiger partial charge in [-0.25, -0.2) is 8.42 Å². The zero-order valence-corrected chi connectivity index (χ0v) is 16.4. The summed E-state index contributed by atoms with van der Waals surface area (Å²) < 4.78 is 27.2. The van der Waals surface area contributed by atoms with Crippen LogP contribution in [0.2, 0.25) is 5.02 Å². The molecule has 26 heavy (non-hydrogen) atoms. The third-order valence-corrected chi connectivity index (χ3v) is 7.96. The van der Waals surface area contributed by atoms with E-state index in [9.17, 15) is 13.2 Å². The molecule has 3 rings (SSSR count). The number of thiophene rings is 1. The molecule has 2 aromatic rings. The Morgan fingerprint density at radius 2 is 1.85 bits per heavy atom. The molecule has 0 atom stereocenters. The summed E-state index contributed by atoms with van der Waals surface area (Å²) in [7, 11) is -3.49. The Bertz CT molecular complexity index is 873. The summed E-state index contributed by atoms with van der Waals surface area (Å²) in [6, 6.07) is 9.98. The van der Waals surface area contributed by atoms with E-state index in [0.29, 0.717) is 40.7 Å². The van der Waals surface area contributed by atoms with E-state index in [2.05, 4.69) is 5.32 Å². The molecule has 1 fully saturated rings. The van der Waals surface area contributed by atoms with Crippen LogP contribution in [0.25, 0.3) is 0 Å². The predicted molar refractivity (Wildman–Crippen MR) is 103 cm³/mol. The molecule has 1 amide bonds. The molecule has 0 radical (unpaired) electrons. The van der Waals surface area contributed by atoms with Crippen molar-refractivity contribution in [2.24, 2.45) is 5.73 Å². The maximum Gasteiger partial charge on any atom is 0.252 e. The zero-order chi connectivity index (χ0) is 18.7. The summed E-state index contributed by atoms with van der Waals surface area (Å²) in [5, 5.41) is 3.35. The molecule has 2 heterocycles. The maximum atomic E-state index is 12.7. The number of amides is 1. The van der Waals surface area contributed by atoms with Crippen LogP contribution < -0.4 is 11.1 Å². The van der Waals surface area contributed by atoms with E-state index in [1.54, 1.807) is 36.4 Å². The van der Waals surface area contributed by atoms with Gasteiger partial charge in [-0.2, -0.15) is 4.31 Å². The van der Waals surface area contributed by atoms with Gasteiger partial charge in [0.25, 0.3) is 15.9 Å². The van der Waals surface area contributed by atoms with Crippen molar-refractivity contribution in [3.8, 4) is 0 Å². The lowest BCUT2D eigenvalue weighted by Crippen LogP contribution is -2.42. The Kier molecular flexibility index (Phi) is 5.99. The number of hydrogen-bond donors (Lipinski definition) is 2. The number of sulfonamides is 1. The van der Waals surface area contributed by atoms with E-state index in [1.165, 1.54) is 15.6 Å². The highest BCUT2D eigenvalue weighted by molar-refractivity contribution is 7.91. The van der Waals surface area contributed by atoms with Crippen molar-refractivity contribution in [1.82, 2.24) is 9.62 Å². The van der Waals surface area contributed by atoms with Crippen molar-refractivity contribution in [2.75, 3.05) is 13.1 Å². The Labute approximate surface area is 162 Å². The molecule has 1 saturated heterocycles. The predicted octanol–water partition coefficient (Wildman–Crippen LogP) is 2.44. The Hall–Kier alpha value is -1.45. The van der Waals surface area contributed by atoms with Gasteiger partial charge in [-0.15, -0.1) is 11.3 Å². The van der Waals surface area contributed by atoms with Crippen LogP contribution in [0.15, 0.2) is 40.6 Å². The third kappa shape index (κ3) is 4.44. The fraction of sp³-hybridized carbons (Fsp3) is 0.353. The fourth-order valence-corrected chi connectivity index (χ4v) is 5.75. The quantitative estimate of drug-likeness (QED) is 0.787. The molecule has 6 nitrogen and oxygen atoms in total. The zero-order valence-electron chi connectivity index (χ0n) is 14.0. The first kappa shape index (κ1) is 19.3. The second kappa shape index (κ2) is 8.06. The van der Waals surface area contributed by atoms with E-state index >= 15 is 0 Å². The van der Waals surface area contributed by atoms with Crippen LogP contribution >= 0.6 is 22.9 Å². The van der Waals surface area contributed by atoms with Crippen LogP contribution in [0.3, 0.4) is 0 Å². The SMILES string of the molecule is NC1CCN(S(=O)(=O)c2ccc(CNC(=O)c3ccc(Cl)cc3)s2)CC1. The molecule has 1 aromatic heterocycles. The first-order chi connectivity index (χ1) is 12.4. The van der Waals surface area contributed by atoms with Gasteiger partial charge >= 0.3 is 0 Å². The van der Waals surface area contributed by atoms with Gasteiger partial charge in [0.1, 0.15) is 4.21 Å². The van der Waals surface area contributed by atoms with Crippen LogP contribution in [0, 0.1) is 0 Å². The van der Waals surface area contributed by atoms with Gasteiger partial charge in [0.15, 0.2) is 0 Å². The lowest BCUT2D eigenvalue weighted by Gasteiger charge is -2.28. The molecule has 9 heteroatoms. The largest absolute Gasteiger partial charge is 0.347 e. The van der Waals surface area contributed by atoms with E-state index in [-0.39, 0.29) is 18.5 Å². The summed E-state index contributed by atoms with van der Waals surface area (Å²) >= 11 is 6.99. The molecule has 0 bridgehead atoms. The van der Waals surface area contributed by atoms with E-state index in [4.69, 9.17) is 17.3 Å². The van der Waals surface area contributed by atoms with Gasteiger partial charge in [0, 0.05) is 34.6 Å². The minimum absolute atomic E-state index is 0.0726. The average Bonchev–Trinajstić information content (AvgIpc) is 3.10. The van der Waals surface area contributed by atoms with Gasteiger partial charge in [-0.05, 0) is 49.2 Å². The van der Waals surface area contributed by atoms with Crippen LogP contribution in [0.1, 0.15) is 28.1 Å². The van der Waals surface area contributed by atoms with Crippen LogP contribution in [0.4, 0.5) is 0 Å². The molecular formula is C17H20ClN3O3S2. The third-order valence-electron chi connectivity index (χ3n) is 4.26. The first-order valence-electron chi connectivity index (χ1n) is 8.24. The molecular weight excluding hydrogens is 394 g/mol. The Morgan fingerprint density at radius 1 is 1.19 bits per heavy atom. The molecule has 0 aliphatic carbocycles. The molecule has 140 valence electrons. The van der Waals surface area contributed by atoms with Crippen molar-refractivity contribution in [3.05, 3.63) is 51.9 Å². The molecule has 1 aromatic carbocycles. The number of hydrogen-bond acceptors (Lipinski definition) is 5. The summed E-state index contributed by atoms with van der Waals surface area (Å²) in [5.41, 5.74) is 6.34. The second-order valence-electron chi connectivity index (χ2n) is 6.15. The second-order valence-corrected chi connectivity index (χ2v) is 9.92. The van der Waals surface area contributed by atoms with Crippen LogP contribution in [-0.4, -0.2) is 37.8 Å². The maximum absolute atomic E-state index is 12.7. The number of nitrogens with two attached hydrogens (primary N) is 1. The van der Waals surface area contributed by atoms with Gasteiger partial charge in [-0.3, -0.25) is 4.79 Å². The molecule has 1 aliphatic rings. The van der Waals surface area contributed by atoms with Crippen molar-refractivity contribution in [3.63, 3.8) is 0 Å². The molecule has 0 saturated carbocycles. The molecule has 0 unspecified atom stereocenters. The van der Waals surface area contributed by atoms with Crippen molar-refractivity contribution >= 4 is 38.9 Å². The number of carbonyl (C=O) groups excluding carboxylic acids is 1. The summed E-state index contributed by atoms with van der Waals surface area (Å²) in [6.45, 7) is 1.17. The average molecular weight is 414 g/mol. The number of nitrogens with zero attached hydrogens (tertiary/aromatic N) is 1. The summed E-state index contributed by atoms with van der Waals surface area (Å²) in [5.74, 6) is -0.232. The highest BCUT2D eigenvalue weighted by atomic mass is 35.5. The van der Waals surface area contributed by atoms with Crippen molar-refractivity contribution in [1.29, 1.82) is 0 Å². The smallest absolute Gasteiger partial charge is 0.252 e. The van der Waals surface area contributed by atoms with Crippen LogP contribution in [-0.2, 0) is 16.6 Å². The van der Waals surface area contributed by atoms with Gasteiger partial charge in [-0.1, -0.05) is 11.6 Å². The summed E-state index contributed by atoms with van der Waals surface area (Å²) in [4.78, 5) is 12.9. The molecule has 1 aliphatic heterocycles. The fourth-order valence-electron chi connectivity index (χ4n) is 2.71. The van der Waals surface area contributed by atoms with E-state index in [1.807, 2.05) is 0 Å². The minimum Gasteiger partial charge on any atom is -0.347 e. The van der Waals surface area contributed by atoms with Gasteiger partial charge in [0.2, 0.25) is 0 Å². The first-order valence-corrected chi connectivity index (χ1v) is 10.9. The van der Waals surface area contributed by atoms with E-state index in [0.717, 1.165) is 4.88 Å². The van der Waals surface area contributed by atoms with Gasteiger partial charge < -0.3 is 11.1 Å². The van der Waals surface area contributed by atoms with Crippen molar-refractivity contribution < 1.29 is 13.2 Å². The lowest BCUT2D eigenvalue weighted by molar-refractivity contribution is 0.0951. The monoisotopic (exact) mass is 413 g/mol. The number of rotatable bonds is 5. The number of carbonyl (C=O) groups is 1. The topological polar surface area (TPSA) is 92.5 Å². The number of benzene rings is 1. The lowest BCUT2D eigenvalue weighted by atomic mass is 10.1. The highest BCUT2D eigenvalue weighted by Crippen LogP contribution is 2.27. The van der Waals surface area contributed by atoms with Crippen molar-refractivity contribution in [2.45, 2.75) is 29.6 Å². The Balaban J connectivity index is 1.62. The molecule has 3 N–H and O–H groups in total. The van der Waals surface area contributed by atoms with Gasteiger partial charge in [0.05, 0.1) is 6.54 Å². The highest BCUT2D eigenvalue weighted by Gasteiger charge is 2.29. The summed E-state index contributed by atoms with van der Waals surface area (Å²) in [6.07, 6.45) is 1.35. The standard InChI is InChI=1S/C17H20ClN3O3S2/c18-13-3-1-12(2-4-13)17(22)20-11-15-5-6-16(25-15)26(23,24)21-9-7-14(19)8-10-21/h1-6,14H,7-11,19H2,(H,20,22). The normalized spacial score (nSPS) is 16.5. The number of piperidine rings is 1. The van der Waals surface area contributed by atoms with E-state index < -0.39 is 10.0 Å².